The van der Waals surface area contributed by atoms with E-state index in [1.54, 1.807) is 20.5 Å². The number of aryl methyl sites for hydroxylation is 1. The molecule has 0 saturated carbocycles. The van der Waals surface area contributed by atoms with Crippen LogP contribution >= 0.6 is 0 Å². The zero-order chi connectivity index (χ0) is 23.4. The van der Waals surface area contributed by atoms with Crippen LogP contribution in [0.2, 0.25) is 0 Å². The Hall–Kier alpha value is -3.61. The fourth-order valence-electron chi connectivity index (χ4n) is 4.23. The summed E-state index contributed by atoms with van der Waals surface area (Å²) in [6, 6.07) is 12.8. The summed E-state index contributed by atoms with van der Waals surface area (Å²) in [5.41, 5.74) is 5.01. The monoisotopic (exact) mass is 448 g/mol. The maximum absolute atomic E-state index is 13.4. The molecule has 0 aliphatic carbocycles. The van der Waals surface area contributed by atoms with Crippen LogP contribution < -0.4 is 4.74 Å². The van der Waals surface area contributed by atoms with Gasteiger partial charge in [-0.1, -0.05) is 23.4 Å². The lowest BCUT2D eigenvalue weighted by molar-refractivity contribution is 0.198. The standard InChI is InChI=1S/C26H29FN4O2/c1-18-16-30(17-28-18)24-12-7-20(15-25(24)32-3)14-22-6-5-13-31(26(22)29-33-4)19(2)21-8-10-23(27)11-9-21/h7-12,14-17,19H,5-6,13H2,1-4H3. The van der Waals surface area contributed by atoms with Gasteiger partial charge in [0.25, 0.3) is 0 Å². The molecule has 6 nitrogen and oxygen atoms in total. The Balaban J connectivity index is 1.66. The van der Waals surface area contributed by atoms with E-state index in [0.29, 0.717) is 0 Å². The molecule has 1 aromatic heterocycles. The van der Waals surface area contributed by atoms with Gasteiger partial charge in [0.1, 0.15) is 18.7 Å². The number of methoxy groups -OCH3 is 1. The lowest BCUT2D eigenvalue weighted by Gasteiger charge is -2.36. The predicted molar refractivity (Wildman–Crippen MR) is 128 cm³/mol. The second-order valence-electron chi connectivity index (χ2n) is 8.15. The molecule has 0 radical (unpaired) electrons. The number of rotatable bonds is 6. The van der Waals surface area contributed by atoms with E-state index in [9.17, 15) is 4.39 Å². The fraction of sp³-hybridized carbons (Fsp3) is 0.308. The summed E-state index contributed by atoms with van der Waals surface area (Å²) in [5, 5.41) is 4.37. The molecule has 1 saturated heterocycles. The highest BCUT2D eigenvalue weighted by atomic mass is 19.1. The highest BCUT2D eigenvalue weighted by Crippen LogP contribution is 2.31. The van der Waals surface area contributed by atoms with Crippen LogP contribution in [0.1, 0.15) is 42.6 Å². The Morgan fingerprint density at radius 3 is 2.61 bits per heavy atom. The van der Waals surface area contributed by atoms with E-state index in [1.165, 1.54) is 12.1 Å². The maximum Gasteiger partial charge on any atom is 0.171 e. The van der Waals surface area contributed by atoms with Crippen LogP contribution in [0.25, 0.3) is 11.8 Å². The van der Waals surface area contributed by atoms with Crippen molar-refractivity contribution in [3.05, 3.63) is 83.2 Å². The van der Waals surface area contributed by atoms with Crippen molar-refractivity contribution in [3.63, 3.8) is 0 Å². The number of oxime groups is 1. The molecule has 2 aromatic carbocycles. The number of imidazole rings is 1. The van der Waals surface area contributed by atoms with Crippen molar-refractivity contribution in [2.75, 3.05) is 20.8 Å². The van der Waals surface area contributed by atoms with E-state index in [2.05, 4.69) is 34.1 Å². The summed E-state index contributed by atoms with van der Waals surface area (Å²) in [7, 11) is 3.23. The molecule has 7 heteroatoms. The number of nitrogens with zero attached hydrogens (tertiary/aromatic N) is 4. The van der Waals surface area contributed by atoms with E-state index in [0.717, 1.165) is 59.1 Å². The van der Waals surface area contributed by atoms with Crippen molar-refractivity contribution in [1.82, 2.24) is 14.5 Å². The van der Waals surface area contributed by atoms with Crippen molar-refractivity contribution in [2.45, 2.75) is 32.7 Å². The van der Waals surface area contributed by atoms with E-state index >= 15 is 0 Å². The Morgan fingerprint density at radius 2 is 1.94 bits per heavy atom. The number of halogens is 1. The van der Waals surface area contributed by atoms with Gasteiger partial charge in [0, 0.05) is 12.7 Å². The molecular weight excluding hydrogens is 419 g/mol. The summed E-state index contributed by atoms with van der Waals surface area (Å²) < 4.78 is 21.0. The normalized spacial score (nSPS) is 17.4. The minimum absolute atomic E-state index is 0.0320. The fourth-order valence-corrected chi connectivity index (χ4v) is 4.23. The van der Waals surface area contributed by atoms with Gasteiger partial charge in [0.15, 0.2) is 5.84 Å². The Morgan fingerprint density at radius 1 is 1.15 bits per heavy atom. The van der Waals surface area contributed by atoms with Gasteiger partial charge in [0.05, 0.1) is 30.9 Å². The smallest absolute Gasteiger partial charge is 0.171 e. The average Bonchev–Trinajstić information content (AvgIpc) is 3.26. The van der Waals surface area contributed by atoms with Crippen molar-refractivity contribution in [2.24, 2.45) is 5.16 Å². The van der Waals surface area contributed by atoms with Gasteiger partial charge < -0.3 is 19.0 Å². The zero-order valence-electron chi connectivity index (χ0n) is 19.5. The number of ether oxygens (including phenoxy) is 1. The Labute approximate surface area is 194 Å². The molecule has 1 aliphatic rings. The van der Waals surface area contributed by atoms with Gasteiger partial charge in [-0.15, -0.1) is 0 Å². The number of hydrogen-bond donors (Lipinski definition) is 0. The molecule has 1 unspecified atom stereocenters. The van der Waals surface area contributed by atoms with Crippen molar-refractivity contribution >= 4 is 11.9 Å². The van der Waals surface area contributed by atoms with Crippen molar-refractivity contribution in [1.29, 1.82) is 0 Å². The molecule has 0 spiro atoms. The Kier molecular flexibility index (Phi) is 6.77. The van der Waals surface area contributed by atoms with Crippen LogP contribution in [0.15, 0.2) is 65.7 Å². The van der Waals surface area contributed by atoms with Crippen LogP contribution in [-0.4, -0.2) is 41.1 Å². The molecule has 172 valence electrons. The van der Waals surface area contributed by atoms with E-state index < -0.39 is 0 Å². The number of piperidine rings is 1. The largest absolute Gasteiger partial charge is 0.495 e. The second-order valence-corrected chi connectivity index (χ2v) is 8.15. The highest BCUT2D eigenvalue weighted by molar-refractivity contribution is 6.02. The predicted octanol–water partition coefficient (Wildman–Crippen LogP) is 5.53. The molecule has 3 aromatic rings. The summed E-state index contributed by atoms with van der Waals surface area (Å²) in [6.07, 6.45) is 7.76. The topological polar surface area (TPSA) is 51.9 Å². The van der Waals surface area contributed by atoms with Crippen LogP contribution in [0.4, 0.5) is 4.39 Å². The highest BCUT2D eigenvalue weighted by Gasteiger charge is 2.27. The number of aromatic nitrogens is 2. The first kappa shape index (κ1) is 22.6. The molecule has 4 rings (SSSR count). The average molecular weight is 449 g/mol. The third-order valence-electron chi connectivity index (χ3n) is 5.94. The third kappa shape index (κ3) is 4.92. The summed E-state index contributed by atoms with van der Waals surface area (Å²) in [6.45, 7) is 4.91. The SMILES string of the molecule is CON=C1C(=Cc2ccc(-n3cnc(C)c3)c(OC)c2)CCCN1C(C)c1ccc(F)cc1. The molecule has 1 atom stereocenters. The van der Waals surface area contributed by atoms with Crippen molar-refractivity contribution in [3.8, 4) is 11.4 Å². The lowest BCUT2D eigenvalue weighted by atomic mass is 9.97. The second kappa shape index (κ2) is 9.90. The zero-order valence-corrected chi connectivity index (χ0v) is 19.5. The summed E-state index contributed by atoms with van der Waals surface area (Å²) >= 11 is 0. The quantitative estimate of drug-likeness (QED) is 0.466. The first-order chi connectivity index (χ1) is 16.0. The van der Waals surface area contributed by atoms with E-state index in [1.807, 2.05) is 42.0 Å². The molecule has 1 aliphatic heterocycles. The molecule has 2 heterocycles. The Bertz CT molecular complexity index is 1170. The minimum Gasteiger partial charge on any atom is -0.495 e. The summed E-state index contributed by atoms with van der Waals surface area (Å²) in [4.78, 5) is 11.7. The number of hydrogen-bond acceptors (Lipinski definition) is 4. The lowest BCUT2D eigenvalue weighted by Crippen LogP contribution is -2.39. The molecule has 0 bridgehead atoms. The van der Waals surface area contributed by atoms with Gasteiger partial charge in [-0.25, -0.2) is 9.37 Å². The first-order valence-electron chi connectivity index (χ1n) is 11.0. The third-order valence-corrected chi connectivity index (χ3v) is 5.94. The van der Waals surface area contributed by atoms with Gasteiger partial charge >= 0.3 is 0 Å². The molecular formula is C26H29FN4O2. The van der Waals surface area contributed by atoms with Crippen molar-refractivity contribution < 1.29 is 14.0 Å². The first-order valence-corrected chi connectivity index (χ1v) is 11.0. The van der Waals surface area contributed by atoms with Crippen LogP contribution in [0.3, 0.4) is 0 Å². The van der Waals surface area contributed by atoms with E-state index in [-0.39, 0.29) is 11.9 Å². The van der Waals surface area contributed by atoms with E-state index in [4.69, 9.17) is 9.57 Å². The van der Waals surface area contributed by atoms with Gasteiger partial charge in [0.2, 0.25) is 0 Å². The van der Waals surface area contributed by atoms with Gasteiger partial charge in [-0.3, -0.25) is 0 Å². The molecule has 0 amide bonds. The molecule has 0 N–H and O–H groups in total. The maximum atomic E-state index is 13.4. The summed E-state index contributed by atoms with van der Waals surface area (Å²) in [5.74, 6) is 1.33. The number of benzene rings is 2. The molecule has 1 fully saturated rings. The van der Waals surface area contributed by atoms with Gasteiger partial charge in [-0.2, -0.15) is 0 Å². The van der Waals surface area contributed by atoms with Gasteiger partial charge in [-0.05, 0) is 73.7 Å². The van der Waals surface area contributed by atoms with Crippen LogP contribution in [0.5, 0.6) is 5.75 Å². The number of likely N-dealkylation sites (tertiary alicyclic amines) is 1. The minimum atomic E-state index is -0.237. The molecule has 33 heavy (non-hydrogen) atoms. The van der Waals surface area contributed by atoms with Crippen LogP contribution in [-0.2, 0) is 4.84 Å². The number of amidine groups is 1. The van der Waals surface area contributed by atoms with Crippen LogP contribution in [0, 0.1) is 12.7 Å².